The summed E-state index contributed by atoms with van der Waals surface area (Å²) in [4.78, 5) is 10.5. The third-order valence-electron chi connectivity index (χ3n) is 2.63. The van der Waals surface area contributed by atoms with Gasteiger partial charge in [-0.3, -0.25) is 0 Å². The molecule has 0 aromatic heterocycles. The molecule has 1 aromatic rings. The third-order valence-corrected chi connectivity index (χ3v) is 4.15. The van der Waals surface area contributed by atoms with Crippen molar-refractivity contribution in [3.63, 3.8) is 0 Å². The van der Waals surface area contributed by atoms with E-state index in [1.54, 1.807) is 0 Å². The Morgan fingerprint density at radius 3 is 2.35 bits per heavy atom. The summed E-state index contributed by atoms with van der Waals surface area (Å²) in [6.45, 7) is 6.99. The van der Waals surface area contributed by atoms with Crippen LogP contribution >= 0.6 is 0 Å². The number of halogens is 1. The normalized spacial score (nSPS) is 12.4. The van der Waals surface area contributed by atoms with Crippen molar-refractivity contribution < 1.29 is 22.7 Å². The number of benzene rings is 1. The lowest BCUT2D eigenvalue weighted by Gasteiger charge is -2.19. The summed E-state index contributed by atoms with van der Waals surface area (Å²) in [5, 5.41) is 8.87. The molecule has 0 radical (unpaired) electrons. The van der Waals surface area contributed by atoms with E-state index < -0.39 is 27.4 Å². The van der Waals surface area contributed by atoms with Crippen LogP contribution in [-0.4, -0.2) is 26.0 Å². The highest BCUT2D eigenvalue weighted by atomic mass is 32.2. The monoisotopic (exact) mass is 303 g/mol. The van der Waals surface area contributed by atoms with Crippen LogP contribution in [0.4, 0.5) is 4.39 Å². The number of carboxylic acids is 1. The van der Waals surface area contributed by atoms with Gasteiger partial charge in [0.05, 0.1) is 10.5 Å². The smallest absolute Gasteiger partial charge is 0.335 e. The number of nitrogens with one attached hydrogen (secondary N) is 1. The van der Waals surface area contributed by atoms with Crippen molar-refractivity contribution >= 4 is 16.0 Å². The largest absolute Gasteiger partial charge is 0.478 e. The Kier molecular flexibility index (Phi) is 4.55. The molecule has 0 amide bonds. The first-order valence-corrected chi connectivity index (χ1v) is 7.45. The molecule has 1 aromatic carbocycles. The molecule has 5 nitrogen and oxygen atoms in total. The van der Waals surface area contributed by atoms with E-state index >= 15 is 0 Å². The average Bonchev–Trinajstić information content (AvgIpc) is 2.28. The van der Waals surface area contributed by atoms with Crippen LogP contribution in [0.15, 0.2) is 17.0 Å². The zero-order valence-electron chi connectivity index (χ0n) is 11.8. The van der Waals surface area contributed by atoms with Crippen molar-refractivity contribution in [2.45, 2.75) is 32.6 Å². The van der Waals surface area contributed by atoms with Gasteiger partial charge in [-0.2, -0.15) is 0 Å². The standard InChI is InChI=1S/C13H18FNO4S/c1-8-10(14)5-9(12(16)17)6-11(8)20(18,19)15-7-13(2,3)4/h5-6,15H,7H2,1-4H3,(H,16,17). The molecule has 0 saturated heterocycles. The average molecular weight is 303 g/mol. The lowest BCUT2D eigenvalue weighted by atomic mass is 9.98. The van der Waals surface area contributed by atoms with E-state index in [1.807, 2.05) is 20.8 Å². The molecule has 0 aliphatic carbocycles. The Balaban J connectivity index is 3.27. The highest BCUT2D eigenvalue weighted by Gasteiger charge is 2.23. The fourth-order valence-electron chi connectivity index (χ4n) is 1.45. The van der Waals surface area contributed by atoms with Crippen LogP contribution in [0.1, 0.15) is 36.7 Å². The van der Waals surface area contributed by atoms with Crippen LogP contribution in [-0.2, 0) is 10.0 Å². The van der Waals surface area contributed by atoms with E-state index in [9.17, 15) is 17.6 Å². The first kappa shape index (κ1) is 16.6. The SMILES string of the molecule is Cc1c(F)cc(C(=O)O)cc1S(=O)(=O)NCC(C)(C)C. The molecule has 1 rings (SSSR count). The number of carbonyl (C=O) groups is 1. The summed E-state index contributed by atoms with van der Waals surface area (Å²) in [6, 6.07) is 1.77. The molecule has 0 unspecified atom stereocenters. The fraction of sp³-hybridized carbons (Fsp3) is 0.462. The summed E-state index contributed by atoms with van der Waals surface area (Å²) in [7, 11) is -3.96. The molecule has 0 fully saturated rings. The van der Waals surface area contributed by atoms with Gasteiger partial charge in [-0.05, 0) is 24.5 Å². The van der Waals surface area contributed by atoms with Crippen LogP contribution in [0.2, 0.25) is 0 Å². The summed E-state index contributed by atoms with van der Waals surface area (Å²) in [5.41, 5.74) is -0.787. The maximum absolute atomic E-state index is 13.6. The number of rotatable bonds is 4. The summed E-state index contributed by atoms with van der Waals surface area (Å²) in [5.74, 6) is -2.24. The van der Waals surface area contributed by atoms with Crippen LogP contribution in [0, 0.1) is 18.2 Å². The molecule has 2 N–H and O–H groups in total. The predicted molar refractivity (Wildman–Crippen MR) is 72.7 cm³/mol. The molecular weight excluding hydrogens is 285 g/mol. The first-order valence-electron chi connectivity index (χ1n) is 5.97. The van der Waals surface area contributed by atoms with Crippen LogP contribution in [0.3, 0.4) is 0 Å². The fourth-order valence-corrected chi connectivity index (χ4v) is 3.01. The number of hydrogen-bond donors (Lipinski definition) is 2. The summed E-state index contributed by atoms with van der Waals surface area (Å²) < 4.78 is 40.3. The van der Waals surface area contributed by atoms with Gasteiger partial charge in [0, 0.05) is 12.1 Å². The molecule has 0 aliphatic heterocycles. The number of carboxylic acid groups (broad SMARTS) is 1. The van der Waals surface area contributed by atoms with E-state index in [4.69, 9.17) is 5.11 Å². The minimum Gasteiger partial charge on any atom is -0.478 e. The van der Waals surface area contributed by atoms with Gasteiger partial charge in [0.25, 0.3) is 0 Å². The van der Waals surface area contributed by atoms with Crippen molar-refractivity contribution in [1.29, 1.82) is 0 Å². The quantitative estimate of drug-likeness (QED) is 0.892. The van der Waals surface area contributed by atoms with E-state index in [0.29, 0.717) is 0 Å². The maximum Gasteiger partial charge on any atom is 0.335 e. The minimum absolute atomic E-state index is 0.101. The van der Waals surface area contributed by atoms with Gasteiger partial charge in [0.15, 0.2) is 0 Å². The molecule has 0 bridgehead atoms. The lowest BCUT2D eigenvalue weighted by Crippen LogP contribution is -2.33. The van der Waals surface area contributed by atoms with Crippen molar-refractivity contribution in [3.8, 4) is 0 Å². The van der Waals surface area contributed by atoms with Gasteiger partial charge >= 0.3 is 5.97 Å². The molecular formula is C13H18FNO4S. The second kappa shape index (κ2) is 5.49. The Bertz CT molecular complexity index is 633. The van der Waals surface area contributed by atoms with Crippen LogP contribution < -0.4 is 4.72 Å². The van der Waals surface area contributed by atoms with Crippen LogP contribution in [0.5, 0.6) is 0 Å². The van der Waals surface area contributed by atoms with Crippen molar-refractivity contribution in [1.82, 2.24) is 4.72 Å². The predicted octanol–water partition coefficient (Wildman–Crippen LogP) is 2.16. The molecule has 0 heterocycles. The summed E-state index contributed by atoms with van der Waals surface area (Å²) in [6.07, 6.45) is 0. The van der Waals surface area contributed by atoms with E-state index in [2.05, 4.69) is 4.72 Å². The topological polar surface area (TPSA) is 83.5 Å². The molecule has 20 heavy (non-hydrogen) atoms. The second-order valence-corrected chi connectivity index (χ2v) is 7.51. The van der Waals surface area contributed by atoms with Crippen molar-refractivity contribution in [2.75, 3.05) is 6.54 Å². The third kappa shape index (κ3) is 4.01. The molecule has 7 heteroatoms. The Morgan fingerprint density at radius 2 is 1.90 bits per heavy atom. The first-order chi connectivity index (χ1) is 8.94. The zero-order valence-corrected chi connectivity index (χ0v) is 12.6. The van der Waals surface area contributed by atoms with Gasteiger partial charge in [-0.25, -0.2) is 22.3 Å². The Labute approximate surface area is 117 Å². The lowest BCUT2D eigenvalue weighted by molar-refractivity contribution is 0.0696. The van der Waals surface area contributed by atoms with E-state index in [-0.39, 0.29) is 22.4 Å². The number of sulfonamides is 1. The zero-order chi connectivity index (χ0) is 15.7. The maximum atomic E-state index is 13.6. The number of hydrogen-bond acceptors (Lipinski definition) is 3. The van der Waals surface area contributed by atoms with Gasteiger partial charge in [0.2, 0.25) is 10.0 Å². The molecule has 0 aliphatic rings. The molecule has 0 spiro atoms. The molecule has 0 saturated carbocycles. The van der Waals surface area contributed by atoms with Crippen molar-refractivity contribution in [3.05, 3.63) is 29.1 Å². The Hall–Kier alpha value is -1.47. The van der Waals surface area contributed by atoms with Gasteiger partial charge in [0.1, 0.15) is 5.82 Å². The molecule has 112 valence electrons. The molecule has 0 atom stereocenters. The van der Waals surface area contributed by atoms with Crippen LogP contribution in [0.25, 0.3) is 0 Å². The highest BCUT2D eigenvalue weighted by Crippen LogP contribution is 2.21. The summed E-state index contributed by atoms with van der Waals surface area (Å²) >= 11 is 0. The van der Waals surface area contributed by atoms with Gasteiger partial charge in [-0.15, -0.1) is 0 Å². The van der Waals surface area contributed by atoms with Gasteiger partial charge in [-0.1, -0.05) is 20.8 Å². The number of aromatic carboxylic acids is 1. The van der Waals surface area contributed by atoms with E-state index in [1.165, 1.54) is 6.92 Å². The van der Waals surface area contributed by atoms with Gasteiger partial charge < -0.3 is 5.11 Å². The Morgan fingerprint density at radius 1 is 1.35 bits per heavy atom. The second-order valence-electron chi connectivity index (χ2n) is 5.77. The van der Waals surface area contributed by atoms with E-state index in [0.717, 1.165) is 12.1 Å². The highest BCUT2D eigenvalue weighted by molar-refractivity contribution is 7.89. The minimum atomic E-state index is -3.96. The van der Waals surface area contributed by atoms with Crippen molar-refractivity contribution in [2.24, 2.45) is 5.41 Å².